The number of hydrogen-bond donors (Lipinski definition) is 2. The Hall–Kier alpha value is -2.80. The second-order valence-electron chi connectivity index (χ2n) is 7.13. The standard InChI is InChI=1S/C22H25F2N3O2/c23-18-10-4-9-17(21(18)24)15-27-13-12-26-22(29)19(27)14-20(28)25-11-5-8-16-6-2-1-3-7-16/h1-4,6-7,9-10,19H,5,8,11-15H2,(H,25,28)(H,26,29)/t19-/m1/s1. The molecule has 0 aromatic heterocycles. The molecule has 0 spiro atoms. The van der Waals surface area contributed by atoms with Crippen molar-refractivity contribution in [3.8, 4) is 0 Å². The number of carbonyl (C=O) groups excluding carboxylic acids is 2. The highest BCUT2D eigenvalue weighted by Gasteiger charge is 2.32. The summed E-state index contributed by atoms with van der Waals surface area (Å²) in [7, 11) is 0. The molecule has 5 nitrogen and oxygen atoms in total. The molecule has 1 aliphatic heterocycles. The monoisotopic (exact) mass is 401 g/mol. The van der Waals surface area contributed by atoms with Gasteiger partial charge in [-0.2, -0.15) is 0 Å². The van der Waals surface area contributed by atoms with Gasteiger partial charge in [-0.25, -0.2) is 8.78 Å². The van der Waals surface area contributed by atoms with E-state index in [-0.39, 0.29) is 30.3 Å². The van der Waals surface area contributed by atoms with Crippen LogP contribution in [-0.2, 0) is 22.6 Å². The average molecular weight is 401 g/mol. The average Bonchev–Trinajstić information content (AvgIpc) is 2.72. The maximum atomic E-state index is 14.0. The Bertz CT molecular complexity index is 845. The number of carbonyl (C=O) groups is 2. The van der Waals surface area contributed by atoms with E-state index in [1.165, 1.54) is 17.7 Å². The highest BCUT2D eigenvalue weighted by molar-refractivity contribution is 5.88. The smallest absolute Gasteiger partial charge is 0.237 e. The number of nitrogens with zero attached hydrogens (tertiary/aromatic N) is 1. The van der Waals surface area contributed by atoms with Crippen LogP contribution in [0.4, 0.5) is 8.78 Å². The maximum absolute atomic E-state index is 14.0. The van der Waals surface area contributed by atoms with Crippen LogP contribution in [0.3, 0.4) is 0 Å². The molecule has 3 rings (SSSR count). The molecule has 2 N–H and O–H groups in total. The molecule has 0 aliphatic carbocycles. The third-order valence-corrected chi connectivity index (χ3v) is 5.03. The van der Waals surface area contributed by atoms with Crippen LogP contribution in [0, 0.1) is 11.6 Å². The van der Waals surface area contributed by atoms with Gasteiger partial charge in [0.15, 0.2) is 11.6 Å². The molecule has 0 unspecified atom stereocenters. The fourth-order valence-electron chi connectivity index (χ4n) is 3.48. The summed E-state index contributed by atoms with van der Waals surface area (Å²) in [5.74, 6) is -2.34. The van der Waals surface area contributed by atoms with Gasteiger partial charge in [-0.1, -0.05) is 42.5 Å². The number of rotatable bonds is 8. The first-order valence-electron chi connectivity index (χ1n) is 9.80. The van der Waals surface area contributed by atoms with E-state index in [0.717, 1.165) is 18.9 Å². The topological polar surface area (TPSA) is 61.4 Å². The van der Waals surface area contributed by atoms with Crippen LogP contribution in [0.25, 0.3) is 0 Å². The SMILES string of the molecule is O=C(C[C@@H]1C(=O)NCCN1Cc1cccc(F)c1F)NCCCc1ccccc1. The number of aryl methyl sites for hydroxylation is 1. The van der Waals surface area contributed by atoms with E-state index in [1.807, 2.05) is 30.3 Å². The summed E-state index contributed by atoms with van der Waals surface area (Å²) in [6.45, 7) is 1.46. The van der Waals surface area contributed by atoms with E-state index in [2.05, 4.69) is 10.6 Å². The van der Waals surface area contributed by atoms with Crippen LogP contribution >= 0.6 is 0 Å². The molecular weight excluding hydrogens is 376 g/mol. The molecule has 7 heteroatoms. The Kier molecular flexibility index (Phi) is 7.30. The maximum Gasteiger partial charge on any atom is 0.237 e. The Balaban J connectivity index is 1.52. The van der Waals surface area contributed by atoms with Crippen LogP contribution in [0.5, 0.6) is 0 Å². The zero-order valence-electron chi connectivity index (χ0n) is 16.2. The number of nitrogens with one attached hydrogen (secondary N) is 2. The first-order chi connectivity index (χ1) is 14.0. The van der Waals surface area contributed by atoms with Crippen LogP contribution < -0.4 is 10.6 Å². The van der Waals surface area contributed by atoms with Gasteiger partial charge in [-0.3, -0.25) is 14.5 Å². The minimum absolute atomic E-state index is 0.0197. The summed E-state index contributed by atoms with van der Waals surface area (Å²) in [4.78, 5) is 26.4. The van der Waals surface area contributed by atoms with Crippen molar-refractivity contribution in [2.45, 2.75) is 31.8 Å². The molecule has 29 heavy (non-hydrogen) atoms. The lowest BCUT2D eigenvalue weighted by Gasteiger charge is -2.34. The van der Waals surface area contributed by atoms with E-state index in [1.54, 1.807) is 4.90 Å². The van der Waals surface area contributed by atoms with Gasteiger partial charge in [-0.05, 0) is 24.5 Å². The van der Waals surface area contributed by atoms with Gasteiger partial charge in [0.25, 0.3) is 0 Å². The predicted octanol–water partition coefficient (Wildman–Crippen LogP) is 2.40. The first-order valence-corrected chi connectivity index (χ1v) is 9.80. The van der Waals surface area contributed by atoms with Crippen molar-refractivity contribution in [3.63, 3.8) is 0 Å². The second-order valence-corrected chi connectivity index (χ2v) is 7.13. The summed E-state index contributed by atoms with van der Waals surface area (Å²) < 4.78 is 27.5. The van der Waals surface area contributed by atoms with E-state index < -0.39 is 17.7 Å². The quantitative estimate of drug-likeness (QED) is 0.668. The zero-order chi connectivity index (χ0) is 20.6. The molecular formula is C22H25F2N3O2. The largest absolute Gasteiger partial charge is 0.356 e. The predicted molar refractivity (Wildman–Crippen MR) is 106 cm³/mol. The van der Waals surface area contributed by atoms with E-state index in [0.29, 0.717) is 19.6 Å². The van der Waals surface area contributed by atoms with Crippen molar-refractivity contribution in [3.05, 3.63) is 71.3 Å². The summed E-state index contributed by atoms with van der Waals surface area (Å²) in [5.41, 5.74) is 1.38. The van der Waals surface area contributed by atoms with E-state index in [4.69, 9.17) is 0 Å². The summed E-state index contributed by atoms with van der Waals surface area (Å²) in [6, 6.07) is 13.3. The third-order valence-electron chi connectivity index (χ3n) is 5.03. The van der Waals surface area contributed by atoms with Crippen LogP contribution in [-0.4, -0.2) is 42.4 Å². The molecule has 1 heterocycles. The normalized spacial score (nSPS) is 17.0. The van der Waals surface area contributed by atoms with E-state index >= 15 is 0 Å². The number of piperazine rings is 1. The highest BCUT2D eigenvalue weighted by atomic mass is 19.2. The Morgan fingerprint density at radius 2 is 1.93 bits per heavy atom. The molecule has 2 aromatic carbocycles. The molecule has 1 atom stereocenters. The van der Waals surface area contributed by atoms with Crippen LogP contribution in [0.2, 0.25) is 0 Å². The zero-order valence-corrected chi connectivity index (χ0v) is 16.2. The summed E-state index contributed by atoms with van der Waals surface area (Å²) >= 11 is 0. The Morgan fingerprint density at radius 3 is 2.72 bits per heavy atom. The molecule has 0 saturated carbocycles. The molecule has 2 aromatic rings. The number of amides is 2. The van der Waals surface area contributed by atoms with Crippen molar-refractivity contribution < 1.29 is 18.4 Å². The lowest BCUT2D eigenvalue weighted by Crippen LogP contribution is -2.56. The molecule has 2 amide bonds. The molecule has 1 fully saturated rings. The molecule has 0 bridgehead atoms. The molecule has 1 aliphatic rings. The summed E-state index contributed by atoms with van der Waals surface area (Å²) in [5, 5.41) is 5.59. The van der Waals surface area contributed by atoms with Gasteiger partial charge in [0.1, 0.15) is 0 Å². The van der Waals surface area contributed by atoms with Gasteiger partial charge < -0.3 is 10.6 Å². The fourth-order valence-corrected chi connectivity index (χ4v) is 3.48. The van der Waals surface area contributed by atoms with Gasteiger partial charge >= 0.3 is 0 Å². The molecule has 154 valence electrons. The number of benzene rings is 2. The van der Waals surface area contributed by atoms with Gasteiger partial charge in [0.2, 0.25) is 11.8 Å². The van der Waals surface area contributed by atoms with Crippen molar-refractivity contribution in [2.75, 3.05) is 19.6 Å². The van der Waals surface area contributed by atoms with Gasteiger partial charge in [0.05, 0.1) is 12.5 Å². The Labute approximate surface area is 169 Å². The minimum atomic E-state index is -0.920. The third kappa shape index (κ3) is 5.84. The fraction of sp³-hybridized carbons (Fsp3) is 0.364. The lowest BCUT2D eigenvalue weighted by atomic mass is 10.1. The van der Waals surface area contributed by atoms with Crippen molar-refractivity contribution in [1.82, 2.24) is 15.5 Å². The lowest BCUT2D eigenvalue weighted by molar-refractivity contribution is -0.134. The number of halogens is 2. The summed E-state index contributed by atoms with van der Waals surface area (Å²) in [6.07, 6.45) is 1.63. The second kappa shape index (κ2) is 10.1. The van der Waals surface area contributed by atoms with Crippen LogP contribution in [0.15, 0.2) is 48.5 Å². The van der Waals surface area contributed by atoms with Gasteiger partial charge in [-0.15, -0.1) is 0 Å². The van der Waals surface area contributed by atoms with E-state index in [9.17, 15) is 18.4 Å². The highest BCUT2D eigenvalue weighted by Crippen LogP contribution is 2.18. The van der Waals surface area contributed by atoms with Crippen molar-refractivity contribution >= 4 is 11.8 Å². The molecule has 0 radical (unpaired) electrons. The number of hydrogen-bond acceptors (Lipinski definition) is 3. The first kappa shape index (κ1) is 20.9. The molecule has 1 saturated heterocycles. The Morgan fingerprint density at radius 1 is 1.14 bits per heavy atom. The van der Waals surface area contributed by atoms with Crippen LogP contribution in [0.1, 0.15) is 24.0 Å². The minimum Gasteiger partial charge on any atom is -0.356 e. The van der Waals surface area contributed by atoms with Crippen molar-refractivity contribution in [1.29, 1.82) is 0 Å². The van der Waals surface area contributed by atoms with Gasteiger partial charge in [0, 0.05) is 31.7 Å². The van der Waals surface area contributed by atoms with Crippen molar-refractivity contribution in [2.24, 2.45) is 0 Å².